The van der Waals surface area contributed by atoms with Crippen LogP contribution in [-0.2, 0) is 4.79 Å². The Bertz CT molecular complexity index is 508. The summed E-state index contributed by atoms with van der Waals surface area (Å²) in [5.74, 6) is -0.252. The Morgan fingerprint density at radius 1 is 1.40 bits per heavy atom. The molecule has 0 fully saturated rings. The summed E-state index contributed by atoms with van der Waals surface area (Å²) in [5, 5.41) is 19.4. The molecule has 106 valence electrons. The number of amides is 1. The third-order valence-electron chi connectivity index (χ3n) is 2.55. The standard InChI is InChI=1S/C14H16N2O4/c1-2-9-15(10-11-17)14(18)8-5-12-3-6-13(7-4-12)16(19)20/h2-8,17H,1,9-11H2/b8-5+. The predicted octanol–water partition coefficient (Wildman–Crippen LogP) is 1.61. The molecule has 1 N–H and O–H groups in total. The van der Waals surface area contributed by atoms with Crippen molar-refractivity contribution in [3.8, 4) is 0 Å². The van der Waals surface area contributed by atoms with Gasteiger partial charge in [0.15, 0.2) is 0 Å². The first kappa shape index (κ1) is 15.6. The van der Waals surface area contributed by atoms with E-state index >= 15 is 0 Å². The Morgan fingerprint density at radius 2 is 2.05 bits per heavy atom. The van der Waals surface area contributed by atoms with Crippen LogP contribution in [-0.4, -0.2) is 40.5 Å². The van der Waals surface area contributed by atoms with E-state index in [4.69, 9.17) is 5.11 Å². The number of benzene rings is 1. The molecule has 0 heterocycles. The number of aliphatic hydroxyl groups is 1. The molecule has 0 spiro atoms. The number of rotatable bonds is 7. The molecule has 0 radical (unpaired) electrons. The molecule has 0 bridgehead atoms. The van der Waals surface area contributed by atoms with Crippen molar-refractivity contribution < 1.29 is 14.8 Å². The van der Waals surface area contributed by atoms with E-state index in [2.05, 4.69) is 6.58 Å². The lowest BCUT2D eigenvalue weighted by Crippen LogP contribution is -2.32. The average Bonchev–Trinajstić information content (AvgIpc) is 2.45. The highest BCUT2D eigenvalue weighted by molar-refractivity contribution is 5.91. The smallest absolute Gasteiger partial charge is 0.269 e. The van der Waals surface area contributed by atoms with Gasteiger partial charge in [-0.3, -0.25) is 14.9 Å². The maximum Gasteiger partial charge on any atom is 0.269 e. The molecule has 0 atom stereocenters. The van der Waals surface area contributed by atoms with Gasteiger partial charge in [0.1, 0.15) is 0 Å². The van der Waals surface area contributed by atoms with Crippen molar-refractivity contribution in [2.24, 2.45) is 0 Å². The Labute approximate surface area is 116 Å². The van der Waals surface area contributed by atoms with Gasteiger partial charge in [-0.25, -0.2) is 0 Å². The normalized spacial score (nSPS) is 10.4. The van der Waals surface area contributed by atoms with Crippen LogP contribution in [0.25, 0.3) is 6.08 Å². The fraction of sp³-hybridized carbons (Fsp3) is 0.214. The topological polar surface area (TPSA) is 83.7 Å². The van der Waals surface area contributed by atoms with E-state index in [1.165, 1.54) is 23.1 Å². The molecule has 20 heavy (non-hydrogen) atoms. The summed E-state index contributed by atoms with van der Waals surface area (Å²) < 4.78 is 0. The van der Waals surface area contributed by atoms with Gasteiger partial charge in [-0.05, 0) is 23.8 Å². The summed E-state index contributed by atoms with van der Waals surface area (Å²) in [4.78, 5) is 23.3. The number of nitrogens with zero attached hydrogens (tertiary/aromatic N) is 2. The fourth-order valence-corrected chi connectivity index (χ4v) is 1.55. The number of carbonyl (C=O) groups excluding carboxylic acids is 1. The number of nitro benzene ring substituents is 1. The number of aliphatic hydroxyl groups excluding tert-OH is 1. The minimum absolute atomic E-state index is 0.00189. The highest BCUT2D eigenvalue weighted by atomic mass is 16.6. The predicted molar refractivity (Wildman–Crippen MR) is 76.0 cm³/mol. The van der Waals surface area contributed by atoms with E-state index in [-0.39, 0.29) is 24.7 Å². The second-order valence-electron chi connectivity index (χ2n) is 3.98. The highest BCUT2D eigenvalue weighted by Crippen LogP contribution is 2.12. The molecule has 0 aliphatic carbocycles. The van der Waals surface area contributed by atoms with E-state index in [9.17, 15) is 14.9 Å². The molecule has 1 aromatic rings. The minimum atomic E-state index is -0.480. The Hall–Kier alpha value is -2.47. The molecule has 0 aliphatic rings. The maximum atomic E-state index is 11.8. The summed E-state index contributed by atoms with van der Waals surface area (Å²) >= 11 is 0. The number of nitro groups is 1. The minimum Gasteiger partial charge on any atom is -0.395 e. The van der Waals surface area contributed by atoms with Crippen LogP contribution in [0.4, 0.5) is 5.69 Å². The molecular weight excluding hydrogens is 260 g/mol. The third kappa shape index (κ3) is 4.66. The summed E-state index contributed by atoms with van der Waals surface area (Å²) in [6, 6.07) is 5.87. The molecule has 6 heteroatoms. The van der Waals surface area contributed by atoms with Crippen LogP contribution < -0.4 is 0 Å². The summed E-state index contributed by atoms with van der Waals surface area (Å²) in [6.45, 7) is 4.01. The van der Waals surface area contributed by atoms with Crippen LogP contribution >= 0.6 is 0 Å². The second kappa shape index (κ2) is 7.85. The molecule has 0 aliphatic heterocycles. The van der Waals surface area contributed by atoms with Gasteiger partial charge >= 0.3 is 0 Å². The summed E-state index contributed by atoms with van der Waals surface area (Å²) in [6.07, 6.45) is 4.51. The van der Waals surface area contributed by atoms with Crippen LogP contribution in [0.2, 0.25) is 0 Å². The van der Waals surface area contributed by atoms with Crippen LogP contribution in [0.3, 0.4) is 0 Å². The van der Waals surface area contributed by atoms with E-state index in [0.29, 0.717) is 12.1 Å². The molecule has 1 amide bonds. The van der Waals surface area contributed by atoms with Crippen molar-refractivity contribution in [1.82, 2.24) is 4.90 Å². The van der Waals surface area contributed by atoms with Gasteiger partial charge in [0.05, 0.1) is 11.5 Å². The van der Waals surface area contributed by atoms with E-state index < -0.39 is 4.92 Å². The van der Waals surface area contributed by atoms with Gasteiger partial charge in [0, 0.05) is 31.3 Å². The lowest BCUT2D eigenvalue weighted by Gasteiger charge is -2.17. The number of hydrogen-bond donors (Lipinski definition) is 1. The zero-order valence-electron chi connectivity index (χ0n) is 10.9. The number of carbonyl (C=O) groups is 1. The zero-order chi connectivity index (χ0) is 15.0. The lowest BCUT2D eigenvalue weighted by molar-refractivity contribution is -0.384. The van der Waals surface area contributed by atoms with Gasteiger partial charge in [-0.2, -0.15) is 0 Å². The SMILES string of the molecule is C=CCN(CCO)C(=O)/C=C/c1ccc([N+](=O)[O-])cc1. The summed E-state index contributed by atoms with van der Waals surface area (Å²) in [5.41, 5.74) is 0.688. The molecule has 6 nitrogen and oxygen atoms in total. The molecule has 0 unspecified atom stereocenters. The molecule has 1 rings (SSSR count). The monoisotopic (exact) mass is 276 g/mol. The Balaban J connectivity index is 2.72. The first-order valence-electron chi connectivity index (χ1n) is 6.01. The lowest BCUT2D eigenvalue weighted by atomic mass is 10.2. The van der Waals surface area contributed by atoms with E-state index in [1.54, 1.807) is 24.3 Å². The van der Waals surface area contributed by atoms with Gasteiger partial charge < -0.3 is 10.0 Å². The quantitative estimate of drug-likeness (QED) is 0.355. The van der Waals surface area contributed by atoms with Crippen molar-refractivity contribution in [2.75, 3.05) is 19.7 Å². The molecule has 0 saturated heterocycles. The van der Waals surface area contributed by atoms with Crippen molar-refractivity contribution in [2.45, 2.75) is 0 Å². The fourth-order valence-electron chi connectivity index (χ4n) is 1.55. The molecule has 0 aromatic heterocycles. The Kier molecular flexibility index (Phi) is 6.12. The van der Waals surface area contributed by atoms with Crippen molar-refractivity contribution in [3.63, 3.8) is 0 Å². The van der Waals surface area contributed by atoms with Crippen LogP contribution in [0.5, 0.6) is 0 Å². The first-order chi connectivity index (χ1) is 9.58. The average molecular weight is 276 g/mol. The van der Waals surface area contributed by atoms with Gasteiger partial charge in [0.2, 0.25) is 5.91 Å². The Morgan fingerprint density at radius 3 is 2.55 bits per heavy atom. The van der Waals surface area contributed by atoms with Crippen LogP contribution in [0.1, 0.15) is 5.56 Å². The van der Waals surface area contributed by atoms with Crippen molar-refractivity contribution >= 4 is 17.7 Å². The molecular formula is C14H16N2O4. The third-order valence-corrected chi connectivity index (χ3v) is 2.55. The first-order valence-corrected chi connectivity index (χ1v) is 6.01. The molecule has 1 aromatic carbocycles. The number of non-ortho nitro benzene ring substituents is 1. The number of hydrogen-bond acceptors (Lipinski definition) is 4. The van der Waals surface area contributed by atoms with Crippen molar-refractivity contribution in [1.29, 1.82) is 0 Å². The van der Waals surface area contributed by atoms with E-state index in [0.717, 1.165) is 0 Å². The zero-order valence-corrected chi connectivity index (χ0v) is 10.9. The molecule has 0 saturated carbocycles. The summed E-state index contributed by atoms with van der Waals surface area (Å²) in [7, 11) is 0. The maximum absolute atomic E-state index is 11.8. The van der Waals surface area contributed by atoms with Gasteiger partial charge in [-0.15, -0.1) is 6.58 Å². The van der Waals surface area contributed by atoms with Crippen LogP contribution in [0.15, 0.2) is 43.0 Å². The second-order valence-corrected chi connectivity index (χ2v) is 3.98. The van der Waals surface area contributed by atoms with Gasteiger partial charge in [-0.1, -0.05) is 6.08 Å². The van der Waals surface area contributed by atoms with Crippen molar-refractivity contribution in [3.05, 3.63) is 58.7 Å². The van der Waals surface area contributed by atoms with E-state index in [1.807, 2.05) is 0 Å². The van der Waals surface area contributed by atoms with Gasteiger partial charge in [0.25, 0.3) is 5.69 Å². The highest BCUT2D eigenvalue weighted by Gasteiger charge is 2.08. The largest absolute Gasteiger partial charge is 0.395 e. The van der Waals surface area contributed by atoms with Crippen LogP contribution in [0, 0.1) is 10.1 Å².